The van der Waals surface area contributed by atoms with Crippen molar-refractivity contribution in [1.82, 2.24) is 0 Å². The minimum absolute atomic E-state index is 0.0208. The first-order valence-corrected chi connectivity index (χ1v) is 11.9. The molecule has 2 nitrogen and oxygen atoms in total. The van der Waals surface area contributed by atoms with Crippen LogP contribution in [-0.2, 0) is 9.53 Å². The van der Waals surface area contributed by atoms with Crippen molar-refractivity contribution in [3.05, 3.63) is 60.7 Å². The maximum atomic E-state index is 12.7. The summed E-state index contributed by atoms with van der Waals surface area (Å²) >= 11 is 0. The van der Waals surface area contributed by atoms with E-state index in [2.05, 4.69) is 102 Å². The molecule has 0 aliphatic heterocycles. The van der Waals surface area contributed by atoms with Crippen LogP contribution in [0.1, 0.15) is 41.5 Å². The molecule has 0 amide bonds. The molecule has 0 N–H and O–H groups in total. The van der Waals surface area contributed by atoms with Gasteiger partial charge in [-0.1, -0.05) is 113 Å². The number of methoxy groups -OCH3 is 1. The molecule has 0 spiro atoms. The molecular formula is C24H34O2Si. The first-order chi connectivity index (χ1) is 12.7. The Bertz CT molecular complexity index is 692. The van der Waals surface area contributed by atoms with Crippen molar-refractivity contribution in [1.29, 1.82) is 0 Å². The van der Waals surface area contributed by atoms with E-state index in [1.807, 2.05) is 0 Å². The number of carbonyl (C=O) groups excluding carboxylic acids is 1. The second kappa shape index (κ2) is 8.43. The fourth-order valence-electron chi connectivity index (χ4n) is 5.10. The second-order valence-electron chi connectivity index (χ2n) is 8.87. The summed E-state index contributed by atoms with van der Waals surface area (Å²) in [7, 11) is -0.883. The van der Waals surface area contributed by atoms with E-state index in [1.165, 1.54) is 17.5 Å². The summed E-state index contributed by atoms with van der Waals surface area (Å²) in [5.41, 5.74) is 0.217. The van der Waals surface area contributed by atoms with Crippen LogP contribution < -0.4 is 10.4 Å². The van der Waals surface area contributed by atoms with Crippen LogP contribution in [0.3, 0.4) is 0 Å². The molecule has 0 radical (unpaired) electrons. The van der Waals surface area contributed by atoms with Crippen molar-refractivity contribution in [2.75, 3.05) is 7.11 Å². The fraction of sp³-hybridized carbons (Fsp3) is 0.458. The highest BCUT2D eigenvalue weighted by atomic mass is 28.3. The fourth-order valence-corrected chi connectivity index (χ4v) is 12.3. The number of hydrogen-bond donors (Lipinski definition) is 0. The Morgan fingerprint density at radius 2 is 1.26 bits per heavy atom. The van der Waals surface area contributed by atoms with Crippen LogP contribution in [0, 0.1) is 11.8 Å². The number of hydrogen-bond acceptors (Lipinski definition) is 2. The molecule has 27 heavy (non-hydrogen) atoms. The molecule has 0 bridgehead atoms. The summed E-state index contributed by atoms with van der Waals surface area (Å²) in [6, 6.07) is 21.7. The van der Waals surface area contributed by atoms with Gasteiger partial charge in [0.1, 0.15) is 8.07 Å². The maximum Gasteiger partial charge on any atom is 0.308 e. The van der Waals surface area contributed by atoms with E-state index >= 15 is 0 Å². The van der Waals surface area contributed by atoms with Gasteiger partial charge in [0.25, 0.3) is 0 Å². The molecule has 0 heterocycles. The molecule has 2 aromatic rings. The molecule has 3 heteroatoms. The summed E-state index contributed by atoms with van der Waals surface area (Å²) in [6.45, 7) is 13.6. The monoisotopic (exact) mass is 382 g/mol. The zero-order valence-corrected chi connectivity index (χ0v) is 18.8. The molecule has 0 aromatic heterocycles. The van der Waals surface area contributed by atoms with E-state index in [0.29, 0.717) is 5.92 Å². The highest BCUT2D eigenvalue weighted by Gasteiger charge is 2.56. The lowest BCUT2D eigenvalue weighted by Crippen LogP contribution is -2.69. The number of carbonyl (C=O) groups is 1. The number of ether oxygens (including phenoxy) is 1. The summed E-state index contributed by atoms with van der Waals surface area (Å²) in [6.07, 6.45) is 0. The number of rotatable bonds is 6. The van der Waals surface area contributed by atoms with Crippen LogP contribution in [0.2, 0.25) is 10.6 Å². The van der Waals surface area contributed by atoms with E-state index in [9.17, 15) is 4.79 Å². The Labute approximate surface area is 166 Å². The quantitative estimate of drug-likeness (QED) is 0.525. The smallest absolute Gasteiger partial charge is 0.308 e. The van der Waals surface area contributed by atoms with Gasteiger partial charge in [0.05, 0.1) is 13.0 Å². The lowest BCUT2D eigenvalue weighted by molar-refractivity contribution is -0.145. The Morgan fingerprint density at radius 3 is 1.56 bits per heavy atom. The van der Waals surface area contributed by atoms with Gasteiger partial charge in [0, 0.05) is 0 Å². The van der Waals surface area contributed by atoms with Crippen LogP contribution in [0.4, 0.5) is 0 Å². The van der Waals surface area contributed by atoms with Gasteiger partial charge in [0.2, 0.25) is 0 Å². The predicted octanol–water partition coefficient (Wildman–Crippen LogP) is 4.89. The van der Waals surface area contributed by atoms with Crippen molar-refractivity contribution in [3.63, 3.8) is 0 Å². The van der Waals surface area contributed by atoms with Crippen molar-refractivity contribution < 1.29 is 9.53 Å². The van der Waals surface area contributed by atoms with Gasteiger partial charge in [-0.15, -0.1) is 0 Å². The van der Waals surface area contributed by atoms with Crippen LogP contribution in [0.15, 0.2) is 60.7 Å². The van der Waals surface area contributed by atoms with Crippen molar-refractivity contribution in [2.24, 2.45) is 11.8 Å². The zero-order chi connectivity index (χ0) is 20.2. The molecule has 0 saturated heterocycles. The Kier molecular flexibility index (Phi) is 6.69. The number of esters is 1. The van der Waals surface area contributed by atoms with Gasteiger partial charge in [-0.25, -0.2) is 0 Å². The van der Waals surface area contributed by atoms with Crippen molar-refractivity contribution in [3.8, 4) is 0 Å². The first-order valence-electron chi connectivity index (χ1n) is 9.86. The standard InChI is InChI=1S/C24H34O2Si/c1-18(2)22(19(3)23(25)26-7)27(24(4,5)6,20-14-10-8-11-15-20)21-16-12-9-13-17-21/h8-19,22H,1-7H3/t19-,22-/m0/s1. The van der Waals surface area contributed by atoms with Crippen molar-refractivity contribution >= 4 is 24.4 Å². The average molecular weight is 383 g/mol. The summed E-state index contributed by atoms with van der Waals surface area (Å²) in [4.78, 5) is 12.7. The third-order valence-electron chi connectivity index (χ3n) is 5.97. The molecule has 146 valence electrons. The highest BCUT2D eigenvalue weighted by molar-refractivity contribution is 7.05. The predicted molar refractivity (Wildman–Crippen MR) is 117 cm³/mol. The van der Waals surface area contributed by atoms with E-state index in [0.717, 1.165) is 0 Å². The molecule has 0 aliphatic carbocycles. The molecule has 2 rings (SSSR count). The van der Waals surface area contributed by atoms with Gasteiger partial charge in [-0.05, 0) is 16.5 Å². The SMILES string of the molecule is COC(=O)[C@@H](C)[C@H](C(C)C)[Si](c1ccccc1)(c1ccccc1)C(C)(C)C. The zero-order valence-electron chi connectivity index (χ0n) is 17.8. The van der Waals surface area contributed by atoms with E-state index in [4.69, 9.17) is 4.74 Å². The van der Waals surface area contributed by atoms with Crippen LogP contribution in [-0.4, -0.2) is 21.2 Å². The largest absolute Gasteiger partial charge is 0.469 e. The van der Waals surface area contributed by atoms with Crippen molar-refractivity contribution in [2.45, 2.75) is 52.1 Å². The molecule has 0 fully saturated rings. The lowest BCUT2D eigenvalue weighted by Gasteiger charge is -2.52. The molecular weight excluding hydrogens is 348 g/mol. The molecule has 2 atom stereocenters. The normalized spacial score (nSPS) is 14.7. The lowest BCUT2D eigenvalue weighted by atomic mass is 9.98. The van der Waals surface area contributed by atoms with E-state index in [1.54, 1.807) is 0 Å². The van der Waals surface area contributed by atoms with Gasteiger partial charge in [0.15, 0.2) is 0 Å². The third-order valence-corrected chi connectivity index (χ3v) is 13.0. The molecule has 0 aliphatic rings. The highest BCUT2D eigenvalue weighted by Crippen LogP contribution is 2.49. The Morgan fingerprint density at radius 1 is 0.852 bits per heavy atom. The third kappa shape index (κ3) is 3.89. The molecule has 0 saturated carbocycles. The molecule has 0 unspecified atom stereocenters. The van der Waals surface area contributed by atoms with Crippen LogP contribution in [0.25, 0.3) is 0 Å². The Hall–Kier alpha value is -1.87. The van der Waals surface area contributed by atoms with Gasteiger partial charge in [-0.3, -0.25) is 4.79 Å². The summed E-state index contributed by atoms with van der Waals surface area (Å²) in [5.74, 6) is 0.0772. The minimum atomic E-state index is -2.38. The van der Waals surface area contributed by atoms with E-state index in [-0.39, 0.29) is 22.5 Å². The van der Waals surface area contributed by atoms with Gasteiger partial charge < -0.3 is 4.74 Å². The average Bonchev–Trinajstić information content (AvgIpc) is 2.64. The topological polar surface area (TPSA) is 26.3 Å². The van der Waals surface area contributed by atoms with E-state index < -0.39 is 8.07 Å². The first kappa shape index (κ1) is 21.4. The number of benzene rings is 2. The maximum absolute atomic E-state index is 12.7. The van der Waals surface area contributed by atoms with Gasteiger partial charge in [-0.2, -0.15) is 0 Å². The second-order valence-corrected chi connectivity index (χ2v) is 13.8. The Balaban J connectivity index is 2.92. The van der Waals surface area contributed by atoms with Gasteiger partial charge >= 0.3 is 5.97 Å². The summed E-state index contributed by atoms with van der Waals surface area (Å²) < 4.78 is 5.21. The van der Waals surface area contributed by atoms with Crippen LogP contribution >= 0.6 is 0 Å². The summed E-state index contributed by atoms with van der Waals surface area (Å²) in [5, 5.41) is 2.80. The molecule has 2 aromatic carbocycles. The van der Waals surface area contributed by atoms with Crippen LogP contribution in [0.5, 0.6) is 0 Å². The minimum Gasteiger partial charge on any atom is -0.469 e.